The zero-order valence-electron chi connectivity index (χ0n) is 13.1. The molecule has 24 heavy (non-hydrogen) atoms. The number of esters is 1. The van der Waals surface area contributed by atoms with Gasteiger partial charge in [-0.3, -0.25) is 0 Å². The van der Waals surface area contributed by atoms with Gasteiger partial charge >= 0.3 is 5.97 Å². The summed E-state index contributed by atoms with van der Waals surface area (Å²) in [5.74, 6) is 0.664. The lowest BCUT2D eigenvalue weighted by atomic mass is 10.1. The average molecular weight is 344 g/mol. The van der Waals surface area contributed by atoms with E-state index in [1.54, 1.807) is 18.2 Å². The molecule has 0 bridgehead atoms. The fraction of sp³-hybridized carbons (Fsp3) is 0.111. The molecule has 1 aliphatic rings. The number of halogens is 1. The summed E-state index contributed by atoms with van der Waals surface area (Å²) in [5, 5.41) is 0.377. The van der Waals surface area contributed by atoms with Crippen LogP contribution in [0.15, 0.2) is 53.2 Å². The van der Waals surface area contributed by atoms with Crippen LogP contribution in [0.5, 0.6) is 11.5 Å². The Kier molecular flexibility index (Phi) is 4.53. The van der Waals surface area contributed by atoms with Crippen LogP contribution in [0.25, 0.3) is 6.08 Å². The summed E-state index contributed by atoms with van der Waals surface area (Å²) in [7, 11) is 3.02. The van der Waals surface area contributed by atoms with E-state index in [4.69, 9.17) is 25.8 Å². The summed E-state index contributed by atoms with van der Waals surface area (Å²) < 4.78 is 15.7. The van der Waals surface area contributed by atoms with Crippen LogP contribution < -0.4 is 9.47 Å². The van der Waals surface area contributed by atoms with E-state index in [-0.39, 0.29) is 11.6 Å². The molecule has 0 N–H and O–H groups in total. The summed E-state index contributed by atoms with van der Waals surface area (Å²) in [5.41, 5.74) is 1.58. The monoisotopic (exact) mass is 343 g/mol. The normalized spacial score (nSPS) is 15.2. The van der Waals surface area contributed by atoms with E-state index < -0.39 is 5.97 Å². The van der Waals surface area contributed by atoms with Gasteiger partial charge in [-0.15, -0.1) is 0 Å². The van der Waals surface area contributed by atoms with E-state index in [0.29, 0.717) is 22.1 Å². The third-order valence-electron chi connectivity index (χ3n) is 3.40. The molecule has 0 spiro atoms. The van der Waals surface area contributed by atoms with E-state index in [2.05, 4.69) is 4.99 Å². The molecule has 0 aromatic heterocycles. The first-order valence-electron chi connectivity index (χ1n) is 7.12. The second-order valence-corrected chi connectivity index (χ2v) is 5.35. The van der Waals surface area contributed by atoms with Gasteiger partial charge < -0.3 is 14.2 Å². The molecule has 6 heteroatoms. The molecular weight excluding hydrogens is 330 g/mol. The Morgan fingerprint density at radius 2 is 1.88 bits per heavy atom. The number of benzene rings is 2. The number of nitrogens with zero attached hydrogens (tertiary/aromatic N) is 1. The van der Waals surface area contributed by atoms with Crippen molar-refractivity contribution in [2.24, 2.45) is 4.99 Å². The molecule has 122 valence electrons. The molecule has 0 aliphatic carbocycles. The summed E-state index contributed by atoms with van der Waals surface area (Å²) in [6, 6.07) is 12.6. The predicted molar refractivity (Wildman–Crippen MR) is 91.6 cm³/mol. The molecule has 0 saturated carbocycles. The number of cyclic esters (lactones) is 1. The molecule has 0 fully saturated rings. The van der Waals surface area contributed by atoms with Gasteiger partial charge in [-0.05, 0) is 35.9 Å². The first kappa shape index (κ1) is 16.1. The Morgan fingerprint density at radius 3 is 2.54 bits per heavy atom. The van der Waals surface area contributed by atoms with Gasteiger partial charge in [-0.25, -0.2) is 9.79 Å². The van der Waals surface area contributed by atoms with Gasteiger partial charge in [0.1, 0.15) is 0 Å². The lowest BCUT2D eigenvalue weighted by Gasteiger charge is -2.10. The molecule has 1 heterocycles. The van der Waals surface area contributed by atoms with Crippen molar-refractivity contribution >= 4 is 29.5 Å². The molecule has 0 radical (unpaired) electrons. The van der Waals surface area contributed by atoms with Crippen molar-refractivity contribution in [3.8, 4) is 11.5 Å². The minimum atomic E-state index is -0.514. The second kappa shape index (κ2) is 6.76. The summed E-state index contributed by atoms with van der Waals surface area (Å²) in [4.78, 5) is 16.3. The van der Waals surface area contributed by atoms with Crippen LogP contribution in [0.4, 0.5) is 0 Å². The highest BCUT2D eigenvalue weighted by molar-refractivity contribution is 6.32. The van der Waals surface area contributed by atoms with E-state index in [9.17, 15) is 4.79 Å². The molecule has 0 atom stereocenters. The van der Waals surface area contributed by atoms with Crippen molar-refractivity contribution in [3.63, 3.8) is 0 Å². The topological polar surface area (TPSA) is 57.1 Å². The van der Waals surface area contributed by atoms with E-state index in [0.717, 1.165) is 5.56 Å². The van der Waals surface area contributed by atoms with E-state index in [1.165, 1.54) is 14.2 Å². The first-order valence-corrected chi connectivity index (χ1v) is 7.49. The standard InChI is InChI=1S/C18H14ClNO4/c1-22-15-10-11(8-13(19)16(15)23-2)9-14-18(21)24-17(20-14)12-6-4-3-5-7-12/h3-10H,1-2H3/b14-9-. The molecule has 2 aromatic carbocycles. The number of aliphatic imine (C=N–C) groups is 1. The Bertz CT molecular complexity index is 844. The van der Waals surface area contributed by atoms with Gasteiger partial charge in [-0.1, -0.05) is 29.8 Å². The number of carbonyl (C=O) groups is 1. The quantitative estimate of drug-likeness (QED) is 0.627. The Hall–Kier alpha value is -2.79. The van der Waals surface area contributed by atoms with Crippen LogP contribution in [0, 0.1) is 0 Å². The van der Waals surface area contributed by atoms with Gasteiger partial charge in [0.05, 0.1) is 19.2 Å². The molecule has 3 rings (SSSR count). The van der Waals surface area contributed by atoms with Crippen LogP contribution in [0.1, 0.15) is 11.1 Å². The lowest BCUT2D eigenvalue weighted by molar-refractivity contribution is -0.129. The third-order valence-corrected chi connectivity index (χ3v) is 3.68. The van der Waals surface area contributed by atoms with Gasteiger partial charge in [0.25, 0.3) is 0 Å². The average Bonchev–Trinajstić information content (AvgIpc) is 2.96. The predicted octanol–water partition coefficient (Wildman–Crippen LogP) is 3.70. The maximum absolute atomic E-state index is 12.0. The highest BCUT2D eigenvalue weighted by Gasteiger charge is 2.24. The highest BCUT2D eigenvalue weighted by atomic mass is 35.5. The summed E-state index contributed by atoms with van der Waals surface area (Å²) in [6.07, 6.45) is 1.59. The third kappa shape index (κ3) is 3.12. The van der Waals surface area contributed by atoms with Gasteiger partial charge in [0, 0.05) is 5.56 Å². The second-order valence-electron chi connectivity index (χ2n) is 4.94. The maximum atomic E-state index is 12.0. The molecule has 0 unspecified atom stereocenters. The molecule has 1 aliphatic heterocycles. The van der Waals surface area contributed by atoms with Gasteiger partial charge in [-0.2, -0.15) is 0 Å². The van der Waals surface area contributed by atoms with Gasteiger partial charge in [0.15, 0.2) is 17.2 Å². The van der Waals surface area contributed by atoms with Crippen LogP contribution in [0.3, 0.4) is 0 Å². The van der Waals surface area contributed by atoms with E-state index >= 15 is 0 Å². The minimum Gasteiger partial charge on any atom is -0.493 e. The summed E-state index contributed by atoms with van der Waals surface area (Å²) in [6.45, 7) is 0. The number of ether oxygens (including phenoxy) is 3. The lowest BCUT2D eigenvalue weighted by Crippen LogP contribution is -2.04. The van der Waals surface area contributed by atoms with Crippen molar-refractivity contribution in [2.75, 3.05) is 14.2 Å². The minimum absolute atomic E-state index is 0.192. The molecule has 0 amide bonds. The fourth-order valence-corrected chi connectivity index (χ4v) is 2.59. The van der Waals surface area contributed by atoms with Crippen molar-refractivity contribution in [2.45, 2.75) is 0 Å². The smallest absolute Gasteiger partial charge is 0.363 e. The SMILES string of the molecule is COc1cc(/C=C2\N=C(c3ccccc3)OC2=O)cc(Cl)c1OC. The van der Waals surface area contributed by atoms with Crippen molar-refractivity contribution in [1.82, 2.24) is 0 Å². The van der Waals surface area contributed by atoms with Crippen molar-refractivity contribution < 1.29 is 19.0 Å². The number of hydrogen-bond donors (Lipinski definition) is 0. The molecule has 5 nitrogen and oxygen atoms in total. The van der Waals surface area contributed by atoms with E-state index in [1.807, 2.05) is 30.3 Å². The van der Waals surface area contributed by atoms with Crippen LogP contribution in [-0.4, -0.2) is 26.1 Å². The zero-order chi connectivity index (χ0) is 17.1. The largest absolute Gasteiger partial charge is 0.493 e. The van der Waals surface area contributed by atoms with Crippen molar-refractivity contribution in [1.29, 1.82) is 0 Å². The zero-order valence-corrected chi connectivity index (χ0v) is 13.8. The Morgan fingerprint density at radius 1 is 1.12 bits per heavy atom. The molecule has 0 saturated heterocycles. The Labute approximate surface area is 144 Å². The van der Waals surface area contributed by atoms with Crippen LogP contribution >= 0.6 is 11.6 Å². The van der Waals surface area contributed by atoms with Crippen molar-refractivity contribution in [3.05, 3.63) is 64.3 Å². The number of rotatable bonds is 4. The molecular formula is C18H14ClNO4. The fourth-order valence-electron chi connectivity index (χ4n) is 2.29. The first-order chi connectivity index (χ1) is 11.6. The Balaban J connectivity index is 1.98. The van der Waals surface area contributed by atoms with Crippen LogP contribution in [-0.2, 0) is 9.53 Å². The maximum Gasteiger partial charge on any atom is 0.363 e. The summed E-state index contributed by atoms with van der Waals surface area (Å²) >= 11 is 6.17. The molecule has 2 aromatic rings. The number of carbonyl (C=O) groups excluding carboxylic acids is 1. The van der Waals surface area contributed by atoms with Crippen LogP contribution in [0.2, 0.25) is 5.02 Å². The number of hydrogen-bond acceptors (Lipinski definition) is 5. The highest BCUT2D eigenvalue weighted by Crippen LogP contribution is 2.36. The number of methoxy groups -OCH3 is 2. The van der Waals surface area contributed by atoms with Gasteiger partial charge in [0.2, 0.25) is 5.90 Å².